The van der Waals surface area contributed by atoms with Crippen molar-refractivity contribution in [1.82, 2.24) is 10.2 Å². The Bertz CT molecular complexity index is 1430. The lowest BCUT2D eigenvalue weighted by atomic mass is 10.0. The van der Waals surface area contributed by atoms with Gasteiger partial charge in [-0.2, -0.15) is 0 Å². The number of hydrogen-bond donors (Lipinski definition) is 1. The summed E-state index contributed by atoms with van der Waals surface area (Å²) in [7, 11) is -3.87. The van der Waals surface area contributed by atoms with E-state index in [9.17, 15) is 18.0 Å². The molecular formula is C30H33Cl2N3O4S. The van der Waals surface area contributed by atoms with Gasteiger partial charge < -0.3 is 10.2 Å². The highest BCUT2D eigenvalue weighted by molar-refractivity contribution is 7.92. The number of sulfonamides is 1. The van der Waals surface area contributed by atoms with Gasteiger partial charge >= 0.3 is 0 Å². The molecule has 10 heteroatoms. The Balaban J connectivity index is 1.73. The van der Waals surface area contributed by atoms with Gasteiger partial charge in [0.05, 0.1) is 11.9 Å². The van der Waals surface area contributed by atoms with Gasteiger partial charge in [0.2, 0.25) is 21.8 Å². The molecule has 1 aliphatic carbocycles. The molecule has 0 saturated heterocycles. The van der Waals surface area contributed by atoms with Crippen LogP contribution in [0.2, 0.25) is 10.0 Å². The summed E-state index contributed by atoms with van der Waals surface area (Å²) in [4.78, 5) is 29.4. The topological polar surface area (TPSA) is 86.8 Å². The van der Waals surface area contributed by atoms with Crippen molar-refractivity contribution in [2.75, 3.05) is 17.1 Å². The molecule has 0 unspecified atom stereocenters. The van der Waals surface area contributed by atoms with E-state index in [4.69, 9.17) is 23.2 Å². The minimum Gasteiger partial charge on any atom is -0.352 e. The Morgan fingerprint density at radius 2 is 1.62 bits per heavy atom. The third-order valence-electron chi connectivity index (χ3n) is 7.05. The van der Waals surface area contributed by atoms with Crippen LogP contribution in [-0.4, -0.2) is 50.0 Å². The monoisotopic (exact) mass is 601 g/mol. The largest absolute Gasteiger partial charge is 0.352 e. The number of benzene rings is 3. The summed E-state index contributed by atoms with van der Waals surface area (Å²) in [6, 6.07) is 22.0. The number of nitrogens with zero attached hydrogens (tertiary/aromatic N) is 2. The van der Waals surface area contributed by atoms with Crippen LogP contribution in [0.25, 0.3) is 0 Å². The second kappa shape index (κ2) is 13.5. The number of hydrogen-bond acceptors (Lipinski definition) is 4. The molecule has 0 radical (unpaired) electrons. The molecule has 1 N–H and O–H groups in total. The smallest absolute Gasteiger partial charge is 0.244 e. The fraction of sp³-hybridized carbons (Fsp3) is 0.333. The molecule has 0 heterocycles. The maximum Gasteiger partial charge on any atom is 0.244 e. The quantitative estimate of drug-likeness (QED) is 0.316. The van der Waals surface area contributed by atoms with Crippen molar-refractivity contribution >= 4 is 50.7 Å². The highest BCUT2D eigenvalue weighted by Crippen LogP contribution is 2.25. The lowest BCUT2D eigenvalue weighted by Crippen LogP contribution is -2.54. The predicted molar refractivity (Wildman–Crippen MR) is 160 cm³/mol. The first kappa shape index (κ1) is 29.9. The van der Waals surface area contributed by atoms with E-state index in [0.29, 0.717) is 15.6 Å². The van der Waals surface area contributed by atoms with Gasteiger partial charge in [-0.15, -0.1) is 0 Å². The van der Waals surface area contributed by atoms with Gasteiger partial charge in [0, 0.05) is 29.1 Å². The predicted octanol–water partition coefficient (Wildman–Crippen LogP) is 5.46. The molecule has 0 spiro atoms. The van der Waals surface area contributed by atoms with Crippen molar-refractivity contribution in [3.8, 4) is 0 Å². The lowest BCUT2D eigenvalue weighted by Gasteiger charge is -2.34. The van der Waals surface area contributed by atoms with Crippen LogP contribution in [0.5, 0.6) is 0 Å². The van der Waals surface area contributed by atoms with E-state index in [0.717, 1.165) is 41.8 Å². The number of anilines is 1. The van der Waals surface area contributed by atoms with Gasteiger partial charge in [-0.05, 0) is 48.2 Å². The number of carbonyl (C=O) groups is 2. The lowest BCUT2D eigenvalue weighted by molar-refractivity contribution is -0.140. The normalized spacial score (nSPS) is 14.5. The zero-order valence-electron chi connectivity index (χ0n) is 22.3. The van der Waals surface area contributed by atoms with Crippen molar-refractivity contribution in [2.45, 2.75) is 50.7 Å². The van der Waals surface area contributed by atoms with E-state index in [1.165, 1.54) is 11.0 Å². The average molecular weight is 603 g/mol. The molecule has 2 amide bonds. The summed E-state index contributed by atoms with van der Waals surface area (Å²) >= 11 is 12.6. The summed E-state index contributed by atoms with van der Waals surface area (Å²) in [6.07, 6.45) is 5.15. The van der Waals surface area contributed by atoms with E-state index in [-0.39, 0.29) is 30.6 Å². The van der Waals surface area contributed by atoms with Gasteiger partial charge in [0.15, 0.2) is 0 Å². The van der Waals surface area contributed by atoms with Gasteiger partial charge in [0.1, 0.15) is 12.6 Å². The van der Waals surface area contributed by atoms with Gasteiger partial charge in [0.25, 0.3) is 0 Å². The number of halogens is 2. The summed E-state index contributed by atoms with van der Waals surface area (Å²) in [6.45, 7) is -0.479. The van der Waals surface area contributed by atoms with Crippen molar-refractivity contribution in [1.29, 1.82) is 0 Å². The second-order valence-corrected chi connectivity index (χ2v) is 12.8. The van der Waals surface area contributed by atoms with E-state index in [1.54, 1.807) is 36.4 Å². The zero-order valence-corrected chi connectivity index (χ0v) is 24.6. The molecule has 4 rings (SSSR count). The standard InChI is InChI=1S/C30H33Cl2N3O4S/c1-40(38,39)35(26-16-9-13-24(31)19-26)21-29(36)34(20-23-12-5-8-17-27(23)32)28(18-22-10-3-2-4-11-22)30(37)33-25-14-6-7-15-25/h2-5,8-13,16-17,19,25,28H,6-7,14-15,18,20-21H2,1H3,(H,33,37)/t28-/m0/s1. The van der Waals surface area contributed by atoms with Gasteiger partial charge in [-0.1, -0.05) is 90.6 Å². The van der Waals surface area contributed by atoms with Crippen molar-refractivity contribution in [2.24, 2.45) is 0 Å². The van der Waals surface area contributed by atoms with E-state index < -0.39 is 28.5 Å². The molecule has 1 atom stereocenters. The van der Waals surface area contributed by atoms with E-state index in [2.05, 4.69) is 5.32 Å². The van der Waals surface area contributed by atoms with Gasteiger partial charge in [-0.25, -0.2) is 8.42 Å². The molecule has 1 aliphatic rings. The van der Waals surface area contributed by atoms with Crippen LogP contribution in [-0.2, 0) is 32.6 Å². The minimum atomic E-state index is -3.87. The van der Waals surface area contributed by atoms with Crippen LogP contribution in [0, 0.1) is 0 Å². The molecule has 1 saturated carbocycles. The SMILES string of the molecule is CS(=O)(=O)N(CC(=O)N(Cc1ccccc1Cl)[C@@H](Cc1ccccc1)C(=O)NC1CCCC1)c1cccc(Cl)c1. The molecule has 1 fully saturated rings. The molecule has 0 aliphatic heterocycles. The molecule has 40 heavy (non-hydrogen) atoms. The fourth-order valence-electron chi connectivity index (χ4n) is 4.98. The molecule has 3 aromatic rings. The zero-order chi connectivity index (χ0) is 28.7. The molecule has 7 nitrogen and oxygen atoms in total. The van der Waals surface area contributed by atoms with Crippen LogP contribution < -0.4 is 9.62 Å². The second-order valence-electron chi connectivity index (χ2n) is 10.1. The number of carbonyl (C=O) groups excluding carboxylic acids is 2. The Morgan fingerprint density at radius 3 is 2.27 bits per heavy atom. The Kier molecular flexibility index (Phi) is 10.1. The van der Waals surface area contributed by atoms with Crippen LogP contribution in [0.4, 0.5) is 5.69 Å². The maximum atomic E-state index is 14.1. The molecule has 212 valence electrons. The first-order valence-electron chi connectivity index (χ1n) is 13.2. The third-order valence-corrected chi connectivity index (χ3v) is 8.79. The minimum absolute atomic E-state index is 0.0290. The third kappa shape index (κ3) is 7.99. The Hall–Kier alpha value is -3.07. The summed E-state index contributed by atoms with van der Waals surface area (Å²) < 4.78 is 26.7. The highest BCUT2D eigenvalue weighted by atomic mass is 35.5. The first-order valence-corrected chi connectivity index (χ1v) is 15.8. The highest BCUT2D eigenvalue weighted by Gasteiger charge is 2.34. The Morgan fingerprint density at radius 1 is 0.950 bits per heavy atom. The number of rotatable bonds is 11. The van der Waals surface area contributed by atoms with Crippen molar-refractivity contribution < 1.29 is 18.0 Å². The number of nitrogens with one attached hydrogen (secondary N) is 1. The summed E-state index contributed by atoms with van der Waals surface area (Å²) in [5.41, 5.74) is 1.79. The fourth-order valence-corrected chi connectivity index (χ4v) is 6.20. The van der Waals surface area contributed by atoms with Crippen LogP contribution in [0.1, 0.15) is 36.8 Å². The van der Waals surface area contributed by atoms with E-state index >= 15 is 0 Å². The van der Waals surface area contributed by atoms with Crippen LogP contribution in [0.15, 0.2) is 78.9 Å². The maximum absolute atomic E-state index is 14.1. The number of amides is 2. The molecule has 0 bridgehead atoms. The first-order chi connectivity index (χ1) is 19.1. The molecule has 3 aromatic carbocycles. The Labute approximate surface area is 246 Å². The molecule has 0 aromatic heterocycles. The average Bonchev–Trinajstić information content (AvgIpc) is 3.43. The van der Waals surface area contributed by atoms with Gasteiger partial charge in [-0.3, -0.25) is 13.9 Å². The van der Waals surface area contributed by atoms with Crippen molar-refractivity contribution in [3.05, 3.63) is 100 Å². The summed E-state index contributed by atoms with van der Waals surface area (Å²) in [5.74, 6) is -0.808. The van der Waals surface area contributed by atoms with E-state index in [1.807, 2.05) is 36.4 Å². The van der Waals surface area contributed by atoms with Crippen molar-refractivity contribution in [3.63, 3.8) is 0 Å². The van der Waals surface area contributed by atoms with Crippen LogP contribution >= 0.6 is 23.2 Å². The van der Waals surface area contributed by atoms with Crippen LogP contribution in [0.3, 0.4) is 0 Å². The molecular weight excluding hydrogens is 569 g/mol. The summed E-state index contributed by atoms with van der Waals surface area (Å²) in [5, 5.41) is 3.93.